The Hall–Kier alpha value is -0.280. The van der Waals surface area contributed by atoms with Crippen LogP contribution in [0.25, 0.3) is 0 Å². The maximum atomic E-state index is 9.68. The van der Waals surface area contributed by atoms with Gasteiger partial charge in [-0.2, -0.15) is 0 Å². The van der Waals surface area contributed by atoms with Gasteiger partial charge in [0.05, 0.1) is 12.7 Å². The highest BCUT2D eigenvalue weighted by atomic mass is 16.5. The van der Waals surface area contributed by atoms with Gasteiger partial charge in [0.1, 0.15) is 24.4 Å². The van der Waals surface area contributed by atoms with Crippen molar-refractivity contribution in [3.63, 3.8) is 0 Å². The van der Waals surface area contributed by atoms with Crippen LogP contribution in [0.2, 0.25) is 0 Å². The quantitative estimate of drug-likeness (QED) is 0.304. The molecule has 0 unspecified atom stereocenters. The van der Waals surface area contributed by atoms with E-state index in [1.807, 2.05) is 0 Å². The van der Waals surface area contributed by atoms with Crippen LogP contribution >= 0.6 is 0 Å². The molecule has 1 fully saturated rings. The minimum absolute atomic E-state index is 0.133. The van der Waals surface area contributed by atoms with Crippen molar-refractivity contribution in [3.05, 3.63) is 0 Å². The molecule has 0 aromatic rings. The van der Waals surface area contributed by atoms with Crippen LogP contribution in [0.1, 0.15) is 6.42 Å². The Kier molecular flexibility index (Phi) is 5.74. The minimum Gasteiger partial charge on any atom is -0.396 e. The summed E-state index contributed by atoms with van der Waals surface area (Å²) in [4.78, 5) is 0. The lowest BCUT2D eigenvalue weighted by atomic mass is 9.90. The van der Waals surface area contributed by atoms with Crippen LogP contribution in [0.3, 0.4) is 0 Å². The van der Waals surface area contributed by atoms with Crippen molar-refractivity contribution in [2.24, 2.45) is 5.92 Å². The maximum Gasteiger partial charge on any atom is 0.111 e. The lowest BCUT2D eigenvalue weighted by Crippen LogP contribution is -2.58. The number of rotatable bonds is 5. The summed E-state index contributed by atoms with van der Waals surface area (Å²) in [5.74, 6) is -0.476. The van der Waals surface area contributed by atoms with Gasteiger partial charge in [0.2, 0.25) is 0 Å². The topological polar surface area (TPSA) is 131 Å². The molecular weight excluding hydrogens is 232 g/mol. The molecular formula is C10H20O7. The molecule has 102 valence electrons. The molecule has 0 saturated carbocycles. The highest BCUT2D eigenvalue weighted by molar-refractivity contribution is 4.92. The highest BCUT2D eigenvalue weighted by Crippen LogP contribution is 2.25. The van der Waals surface area contributed by atoms with E-state index in [9.17, 15) is 15.3 Å². The van der Waals surface area contributed by atoms with E-state index in [-0.39, 0.29) is 19.6 Å². The molecule has 7 nitrogen and oxygen atoms in total. The largest absolute Gasteiger partial charge is 0.396 e. The van der Waals surface area contributed by atoms with Crippen LogP contribution in [-0.2, 0) is 4.74 Å². The lowest BCUT2D eigenvalue weighted by molar-refractivity contribution is -0.233. The van der Waals surface area contributed by atoms with E-state index in [2.05, 4.69) is 0 Å². The van der Waals surface area contributed by atoms with Gasteiger partial charge < -0.3 is 35.4 Å². The van der Waals surface area contributed by atoms with Gasteiger partial charge in [0.25, 0.3) is 0 Å². The van der Waals surface area contributed by atoms with Gasteiger partial charge >= 0.3 is 0 Å². The van der Waals surface area contributed by atoms with E-state index in [1.165, 1.54) is 0 Å². The van der Waals surface area contributed by atoms with Crippen LogP contribution < -0.4 is 0 Å². The fourth-order valence-electron chi connectivity index (χ4n) is 1.91. The Morgan fingerprint density at radius 2 is 1.35 bits per heavy atom. The van der Waals surface area contributed by atoms with Crippen molar-refractivity contribution in [1.82, 2.24) is 0 Å². The molecule has 1 rings (SSSR count). The molecule has 0 amide bonds. The minimum atomic E-state index is -1.41. The third kappa shape index (κ3) is 3.35. The summed E-state index contributed by atoms with van der Waals surface area (Å²) in [6.45, 7) is -1.03. The summed E-state index contributed by atoms with van der Waals surface area (Å²) in [5.41, 5.74) is 0. The number of aliphatic hydroxyl groups excluding tert-OH is 6. The molecule has 5 atom stereocenters. The van der Waals surface area contributed by atoms with Crippen LogP contribution in [0.4, 0.5) is 0 Å². The molecule has 17 heavy (non-hydrogen) atoms. The van der Waals surface area contributed by atoms with Crippen molar-refractivity contribution in [1.29, 1.82) is 0 Å². The standard InChI is InChI=1S/C10H20O7/c11-2-5(3-12)1-6-8(14)10(16)9(15)7(4-13)17-6/h5-16H,1-4H2/t6-,7+,8-,9+,10+/m0/s1. The predicted octanol–water partition coefficient (Wildman–Crippen LogP) is -3.18. The number of ether oxygens (including phenoxy) is 1. The summed E-state index contributed by atoms with van der Waals surface area (Å²) >= 11 is 0. The number of hydrogen-bond acceptors (Lipinski definition) is 7. The lowest BCUT2D eigenvalue weighted by Gasteiger charge is -2.40. The second-order valence-electron chi connectivity index (χ2n) is 4.33. The van der Waals surface area contributed by atoms with Gasteiger partial charge in [-0.3, -0.25) is 0 Å². The van der Waals surface area contributed by atoms with E-state index in [1.54, 1.807) is 0 Å². The summed E-state index contributed by atoms with van der Waals surface area (Å²) < 4.78 is 5.23. The molecule has 0 aromatic carbocycles. The van der Waals surface area contributed by atoms with Crippen molar-refractivity contribution in [2.45, 2.75) is 36.9 Å². The van der Waals surface area contributed by atoms with E-state index < -0.39 is 43.0 Å². The Bertz CT molecular complexity index is 217. The van der Waals surface area contributed by atoms with E-state index >= 15 is 0 Å². The number of aliphatic hydroxyl groups is 6. The molecule has 0 aliphatic carbocycles. The summed E-state index contributed by atoms with van der Waals surface area (Å²) in [6, 6.07) is 0. The summed E-state index contributed by atoms with van der Waals surface area (Å²) in [6.07, 6.45) is -5.76. The average molecular weight is 252 g/mol. The first-order valence-electron chi connectivity index (χ1n) is 5.57. The Labute approximate surface area is 98.9 Å². The average Bonchev–Trinajstić information content (AvgIpc) is 2.35. The molecule has 1 aliphatic rings. The number of hydrogen-bond donors (Lipinski definition) is 6. The monoisotopic (exact) mass is 252 g/mol. The van der Waals surface area contributed by atoms with Gasteiger partial charge in [-0.15, -0.1) is 0 Å². The van der Waals surface area contributed by atoms with Crippen molar-refractivity contribution >= 4 is 0 Å². The highest BCUT2D eigenvalue weighted by Gasteiger charge is 2.43. The van der Waals surface area contributed by atoms with Gasteiger partial charge in [-0.25, -0.2) is 0 Å². The molecule has 1 saturated heterocycles. The zero-order valence-electron chi connectivity index (χ0n) is 9.38. The summed E-state index contributed by atoms with van der Waals surface area (Å²) in [7, 11) is 0. The molecule has 0 bridgehead atoms. The second kappa shape index (κ2) is 6.60. The van der Waals surface area contributed by atoms with Crippen molar-refractivity contribution in [2.75, 3.05) is 19.8 Å². The smallest absolute Gasteiger partial charge is 0.111 e. The third-order valence-corrected chi connectivity index (χ3v) is 3.07. The fraction of sp³-hybridized carbons (Fsp3) is 1.00. The first-order chi connectivity index (χ1) is 8.04. The SMILES string of the molecule is OCC(CO)C[C@@H]1O[C@H](CO)[C@@H](O)[C@H](O)[C@H]1O. The normalized spacial score (nSPS) is 38.6. The zero-order chi connectivity index (χ0) is 13.0. The summed E-state index contributed by atoms with van der Waals surface area (Å²) in [5, 5.41) is 55.5. The Morgan fingerprint density at radius 3 is 1.82 bits per heavy atom. The third-order valence-electron chi connectivity index (χ3n) is 3.07. The molecule has 0 radical (unpaired) electrons. The van der Waals surface area contributed by atoms with Crippen molar-refractivity contribution < 1.29 is 35.4 Å². The molecule has 0 aromatic heterocycles. The van der Waals surface area contributed by atoms with Gasteiger partial charge in [0, 0.05) is 19.1 Å². The zero-order valence-corrected chi connectivity index (χ0v) is 9.38. The first-order valence-corrected chi connectivity index (χ1v) is 5.57. The van der Waals surface area contributed by atoms with Gasteiger partial charge in [0.15, 0.2) is 0 Å². The maximum absolute atomic E-state index is 9.68. The Balaban J connectivity index is 2.65. The fourth-order valence-corrected chi connectivity index (χ4v) is 1.91. The van der Waals surface area contributed by atoms with E-state index in [0.29, 0.717) is 0 Å². The van der Waals surface area contributed by atoms with Crippen LogP contribution in [-0.4, -0.2) is 81.0 Å². The second-order valence-corrected chi connectivity index (χ2v) is 4.33. The Morgan fingerprint density at radius 1 is 0.824 bits per heavy atom. The van der Waals surface area contributed by atoms with Gasteiger partial charge in [-0.05, 0) is 6.42 Å². The van der Waals surface area contributed by atoms with Crippen LogP contribution in [0.15, 0.2) is 0 Å². The van der Waals surface area contributed by atoms with E-state index in [0.717, 1.165) is 0 Å². The predicted molar refractivity (Wildman–Crippen MR) is 56.0 cm³/mol. The molecule has 0 spiro atoms. The van der Waals surface area contributed by atoms with E-state index in [4.69, 9.17) is 20.1 Å². The molecule has 1 aliphatic heterocycles. The molecule has 6 N–H and O–H groups in total. The van der Waals surface area contributed by atoms with Gasteiger partial charge in [-0.1, -0.05) is 0 Å². The molecule has 7 heteroatoms. The van der Waals surface area contributed by atoms with Crippen LogP contribution in [0.5, 0.6) is 0 Å². The first kappa shape index (κ1) is 14.8. The molecule has 1 heterocycles. The van der Waals surface area contributed by atoms with Crippen molar-refractivity contribution in [3.8, 4) is 0 Å². The van der Waals surface area contributed by atoms with Crippen LogP contribution in [0, 0.1) is 5.92 Å².